The average molecular weight is 275 g/mol. The van der Waals surface area contributed by atoms with Gasteiger partial charge in [0.2, 0.25) is 0 Å². The summed E-state index contributed by atoms with van der Waals surface area (Å²) in [5.41, 5.74) is 0.988. The van der Waals surface area contributed by atoms with Crippen molar-refractivity contribution in [2.45, 2.75) is 26.3 Å². The normalized spacial score (nSPS) is 10.7. The van der Waals surface area contributed by atoms with Crippen LogP contribution < -0.4 is 10.9 Å². The van der Waals surface area contributed by atoms with Crippen molar-refractivity contribution in [3.8, 4) is 0 Å². The Labute approximate surface area is 117 Å². The van der Waals surface area contributed by atoms with Gasteiger partial charge in [-0.05, 0) is 24.6 Å². The van der Waals surface area contributed by atoms with Gasteiger partial charge in [-0.3, -0.25) is 4.79 Å². The van der Waals surface area contributed by atoms with E-state index in [9.17, 15) is 9.18 Å². The highest BCUT2D eigenvalue weighted by atomic mass is 19.1. The van der Waals surface area contributed by atoms with Gasteiger partial charge in [-0.25, -0.2) is 9.37 Å². The largest absolute Gasteiger partial charge is 0.311 e. The first kappa shape index (κ1) is 14.4. The van der Waals surface area contributed by atoms with Crippen LogP contribution in [0, 0.1) is 5.82 Å². The minimum Gasteiger partial charge on any atom is -0.311 e. The van der Waals surface area contributed by atoms with E-state index >= 15 is 0 Å². The zero-order valence-corrected chi connectivity index (χ0v) is 11.4. The number of nitrogens with one attached hydrogen (secondary N) is 2. The number of hydrogen-bond donors (Lipinski definition) is 2. The Morgan fingerprint density at radius 1 is 1.35 bits per heavy atom. The molecule has 2 N–H and O–H groups in total. The van der Waals surface area contributed by atoms with Gasteiger partial charge in [0.15, 0.2) is 0 Å². The van der Waals surface area contributed by atoms with Gasteiger partial charge in [0.05, 0.1) is 5.69 Å². The fourth-order valence-corrected chi connectivity index (χ4v) is 1.95. The highest BCUT2D eigenvalue weighted by Gasteiger charge is 2.06. The third-order valence-corrected chi connectivity index (χ3v) is 2.89. The molecular weight excluding hydrogens is 257 g/mol. The summed E-state index contributed by atoms with van der Waals surface area (Å²) in [5, 5.41) is 3.19. The molecule has 1 aromatic heterocycles. The van der Waals surface area contributed by atoms with E-state index < -0.39 is 0 Å². The van der Waals surface area contributed by atoms with Crippen molar-refractivity contribution in [1.29, 1.82) is 0 Å². The highest BCUT2D eigenvalue weighted by Crippen LogP contribution is 2.09. The maximum absolute atomic E-state index is 13.6. The fourth-order valence-electron chi connectivity index (χ4n) is 1.95. The standard InChI is InChI=1S/C15H18FN3O/c1-2-7-17-10-12-9-15(20)19-14(18-12)8-11-5-3-4-6-13(11)16/h3-6,9,17H,2,7-8,10H2,1H3,(H,18,19,20). The van der Waals surface area contributed by atoms with Crippen LogP contribution in [0.5, 0.6) is 0 Å². The van der Waals surface area contributed by atoms with Crippen LogP contribution in [0.1, 0.15) is 30.4 Å². The number of aromatic amines is 1. The van der Waals surface area contributed by atoms with Crippen molar-refractivity contribution in [3.05, 3.63) is 63.6 Å². The SMILES string of the molecule is CCCNCc1cc(=O)[nH]c(Cc2ccccc2F)n1. The smallest absolute Gasteiger partial charge is 0.251 e. The Balaban J connectivity index is 2.16. The van der Waals surface area contributed by atoms with Gasteiger partial charge < -0.3 is 10.3 Å². The first-order chi connectivity index (χ1) is 9.69. The predicted octanol–water partition coefficient (Wildman–Crippen LogP) is 2.00. The van der Waals surface area contributed by atoms with Crippen LogP contribution in [0.2, 0.25) is 0 Å². The summed E-state index contributed by atoms with van der Waals surface area (Å²) < 4.78 is 13.6. The second-order valence-corrected chi connectivity index (χ2v) is 4.63. The van der Waals surface area contributed by atoms with Gasteiger partial charge in [-0.2, -0.15) is 0 Å². The molecule has 20 heavy (non-hydrogen) atoms. The second kappa shape index (κ2) is 6.96. The summed E-state index contributed by atoms with van der Waals surface area (Å²) in [6.07, 6.45) is 1.30. The lowest BCUT2D eigenvalue weighted by molar-refractivity contribution is 0.610. The van der Waals surface area contributed by atoms with E-state index in [1.54, 1.807) is 18.2 Å². The van der Waals surface area contributed by atoms with Crippen LogP contribution in [0.3, 0.4) is 0 Å². The van der Waals surface area contributed by atoms with E-state index in [0.717, 1.165) is 13.0 Å². The Bertz CT molecular complexity index is 625. The summed E-state index contributed by atoms with van der Waals surface area (Å²) in [7, 11) is 0. The highest BCUT2D eigenvalue weighted by molar-refractivity contribution is 5.21. The quantitative estimate of drug-likeness (QED) is 0.793. The summed E-state index contributed by atoms with van der Waals surface area (Å²) in [6, 6.07) is 7.97. The monoisotopic (exact) mass is 275 g/mol. The van der Waals surface area contributed by atoms with Crippen molar-refractivity contribution < 1.29 is 4.39 Å². The van der Waals surface area contributed by atoms with Crippen molar-refractivity contribution in [2.24, 2.45) is 0 Å². The fraction of sp³-hybridized carbons (Fsp3) is 0.333. The molecule has 4 nitrogen and oxygen atoms in total. The molecule has 5 heteroatoms. The second-order valence-electron chi connectivity index (χ2n) is 4.63. The molecule has 0 aliphatic carbocycles. The first-order valence-electron chi connectivity index (χ1n) is 6.72. The molecule has 0 aliphatic heterocycles. The molecule has 1 aromatic carbocycles. The number of H-pyrrole nitrogens is 1. The van der Waals surface area contributed by atoms with Gasteiger partial charge in [-0.1, -0.05) is 25.1 Å². The molecule has 0 saturated carbocycles. The van der Waals surface area contributed by atoms with E-state index in [0.29, 0.717) is 23.6 Å². The maximum atomic E-state index is 13.6. The third-order valence-electron chi connectivity index (χ3n) is 2.89. The Hall–Kier alpha value is -2.01. The first-order valence-corrected chi connectivity index (χ1v) is 6.72. The molecule has 0 fully saturated rings. The molecule has 2 rings (SSSR count). The average Bonchev–Trinajstić information content (AvgIpc) is 2.41. The van der Waals surface area contributed by atoms with Crippen molar-refractivity contribution >= 4 is 0 Å². The molecule has 0 amide bonds. The summed E-state index contributed by atoms with van der Waals surface area (Å²) in [6.45, 7) is 3.49. The lowest BCUT2D eigenvalue weighted by atomic mass is 10.1. The number of rotatable bonds is 6. The zero-order valence-electron chi connectivity index (χ0n) is 11.4. The predicted molar refractivity (Wildman–Crippen MR) is 76.1 cm³/mol. The van der Waals surface area contributed by atoms with E-state index in [-0.39, 0.29) is 17.8 Å². The number of aromatic nitrogens is 2. The molecule has 106 valence electrons. The lowest BCUT2D eigenvalue weighted by Gasteiger charge is -2.06. The number of halogens is 1. The van der Waals surface area contributed by atoms with Crippen LogP contribution in [-0.2, 0) is 13.0 Å². The molecule has 2 aromatic rings. The molecule has 0 atom stereocenters. The maximum Gasteiger partial charge on any atom is 0.251 e. The van der Waals surface area contributed by atoms with Crippen molar-refractivity contribution in [2.75, 3.05) is 6.54 Å². The minimum absolute atomic E-state index is 0.209. The molecule has 1 heterocycles. The van der Waals surface area contributed by atoms with Gasteiger partial charge in [0.25, 0.3) is 5.56 Å². The lowest BCUT2D eigenvalue weighted by Crippen LogP contribution is -2.19. The molecule has 0 radical (unpaired) electrons. The van der Waals surface area contributed by atoms with Gasteiger partial charge in [0, 0.05) is 19.0 Å². The van der Waals surface area contributed by atoms with Crippen molar-refractivity contribution in [1.82, 2.24) is 15.3 Å². The summed E-state index contributed by atoms with van der Waals surface area (Å²) in [4.78, 5) is 18.6. The zero-order chi connectivity index (χ0) is 14.4. The topological polar surface area (TPSA) is 57.8 Å². The van der Waals surface area contributed by atoms with Crippen molar-refractivity contribution in [3.63, 3.8) is 0 Å². The number of benzene rings is 1. The van der Waals surface area contributed by atoms with Crippen LogP contribution >= 0.6 is 0 Å². The van der Waals surface area contributed by atoms with Gasteiger partial charge >= 0.3 is 0 Å². The summed E-state index contributed by atoms with van der Waals surface area (Å²) >= 11 is 0. The Morgan fingerprint density at radius 2 is 2.15 bits per heavy atom. The number of hydrogen-bond acceptors (Lipinski definition) is 3. The van der Waals surface area contributed by atoms with E-state index in [4.69, 9.17) is 0 Å². The molecule has 0 bridgehead atoms. The molecular formula is C15H18FN3O. The third kappa shape index (κ3) is 3.99. The van der Waals surface area contributed by atoms with Gasteiger partial charge in [0.1, 0.15) is 11.6 Å². The molecule has 0 saturated heterocycles. The van der Waals surface area contributed by atoms with Crippen LogP contribution in [0.15, 0.2) is 35.1 Å². The summed E-state index contributed by atoms with van der Waals surface area (Å²) in [5.74, 6) is 0.195. The molecule has 0 spiro atoms. The minimum atomic E-state index is -0.287. The Morgan fingerprint density at radius 3 is 2.90 bits per heavy atom. The van der Waals surface area contributed by atoms with E-state index in [1.807, 2.05) is 0 Å². The van der Waals surface area contributed by atoms with Crippen LogP contribution in [0.25, 0.3) is 0 Å². The number of nitrogens with zero attached hydrogens (tertiary/aromatic N) is 1. The van der Waals surface area contributed by atoms with E-state index in [1.165, 1.54) is 12.1 Å². The molecule has 0 aliphatic rings. The Kier molecular flexibility index (Phi) is 5.01. The van der Waals surface area contributed by atoms with Gasteiger partial charge in [-0.15, -0.1) is 0 Å². The van der Waals surface area contributed by atoms with E-state index in [2.05, 4.69) is 22.2 Å². The van der Waals surface area contributed by atoms with Crippen LogP contribution in [0.4, 0.5) is 4.39 Å². The molecule has 0 unspecified atom stereocenters. The van der Waals surface area contributed by atoms with Crippen LogP contribution in [-0.4, -0.2) is 16.5 Å².